The maximum atomic E-state index is 5.65. The Morgan fingerprint density at radius 2 is 1.46 bits per heavy atom. The molecule has 1 aliphatic heterocycles. The molecule has 0 aromatic heterocycles. The summed E-state index contributed by atoms with van der Waals surface area (Å²) in [6, 6.07) is 29.8. The standard InChI is InChI=1S/C26H21NO/c1-28-26-14-8-7-13-22(26)23-17-25-21(19-11-5-6-12-20(19)23)15-16-24(27-25)18-9-3-2-4-10-18/h2-17,24,27H,1H3. The summed E-state index contributed by atoms with van der Waals surface area (Å²) in [4.78, 5) is 0. The molecule has 0 aliphatic carbocycles. The lowest BCUT2D eigenvalue weighted by atomic mass is 9.90. The average Bonchev–Trinajstić information content (AvgIpc) is 2.78. The molecule has 1 unspecified atom stereocenters. The van der Waals surface area contributed by atoms with Gasteiger partial charge in [0.25, 0.3) is 0 Å². The van der Waals surface area contributed by atoms with Crippen LogP contribution in [0.3, 0.4) is 0 Å². The summed E-state index contributed by atoms with van der Waals surface area (Å²) in [5, 5.41) is 6.20. The summed E-state index contributed by atoms with van der Waals surface area (Å²) in [5.41, 5.74) is 5.94. The zero-order chi connectivity index (χ0) is 18.9. The van der Waals surface area contributed by atoms with Gasteiger partial charge in [-0.2, -0.15) is 0 Å². The smallest absolute Gasteiger partial charge is 0.126 e. The topological polar surface area (TPSA) is 21.3 Å². The summed E-state index contributed by atoms with van der Waals surface area (Å²) in [6.45, 7) is 0. The van der Waals surface area contributed by atoms with Crippen molar-refractivity contribution in [3.8, 4) is 16.9 Å². The van der Waals surface area contributed by atoms with Gasteiger partial charge in [0.05, 0.1) is 13.2 Å². The van der Waals surface area contributed by atoms with Crippen LogP contribution in [0, 0.1) is 0 Å². The molecule has 5 rings (SSSR count). The number of anilines is 1. The molecule has 2 nitrogen and oxygen atoms in total. The molecule has 136 valence electrons. The van der Waals surface area contributed by atoms with E-state index in [1.54, 1.807) is 7.11 Å². The first-order valence-corrected chi connectivity index (χ1v) is 9.54. The second kappa shape index (κ2) is 6.90. The fourth-order valence-electron chi connectivity index (χ4n) is 4.05. The number of para-hydroxylation sites is 1. The number of ether oxygens (including phenoxy) is 1. The molecular weight excluding hydrogens is 342 g/mol. The van der Waals surface area contributed by atoms with E-state index in [9.17, 15) is 0 Å². The molecule has 1 N–H and O–H groups in total. The van der Waals surface area contributed by atoms with Crippen molar-refractivity contribution < 1.29 is 4.74 Å². The van der Waals surface area contributed by atoms with Crippen LogP contribution in [0.4, 0.5) is 5.69 Å². The second-order valence-electron chi connectivity index (χ2n) is 7.02. The predicted molar refractivity (Wildman–Crippen MR) is 118 cm³/mol. The lowest BCUT2D eigenvalue weighted by Crippen LogP contribution is -2.12. The maximum Gasteiger partial charge on any atom is 0.126 e. The minimum Gasteiger partial charge on any atom is -0.496 e. The van der Waals surface area contributed by atoms with Gasteiger partial charge < -0.3 is 10.1 Å². The van der Waals surface area contributed by atoms with Crippen molar-refractivity contribution in [2.24, 2.45) is 0 Å². The first-order valence-electron chi connectivity index (χ1n) is 9.54. The van der Waals surface area contributed by atoms with E-state index in [0.29, 0.717) is 0 Å². The van der Waals surface area contributed by atoms with Gasteiger partial charge in [0, 0.05) is 16.8 Å². The number of fused-ring (bicyclic) bond motifs is 3. The van der Waals surface area contributed by atoms with Crippen molar-refractivity contribution >= 4 is 22.5 Å². The Balaban J connectivity index is 1.71. The van der Waals surface area contributed by atoms with Crippen LogP contribution in [-0.4, -0.2) is 7.11 Å². The zero-order valence-electron chi connectivity index (χ0n) is 15.7. The molecule has 1 heterocycles. The quantitative estimate of drug-likeness (QED) is 0.437. The average molecular weight is 363 g/mol. The molecule has 1 atom stereocenters. The van der Waals surface area contributed by atoms with Gasteiger partial charge in [-0.15, -0.1) is 0 Å². The molecule has 28 heavy (non-hydrogen) atoms. The largest absolute Gasteiger partial charge is 0.496 e. The molecule has 0 radical (unpaired) electrons. The highest BCUT2D eigenvalue weighted by Crippen LogP contribution is 2.42. The van der Waals surface area contributed by atoms with E-state index in [4.69, 9.17) is 4.74 Å². The summed E-state index contributed by atoms with van der Waals surface area (Å²) in [5.74, 6) is 0.888. The Kier molecular flexibility index (Phi) is 4.10. The summed E-state index contributed by atoms with van der Waals surface area (Å²) >= 11 is 0. The molecule has 0 saturated heterocycles. The lowest BCUT2D eigenvalue weighted by Gasteiger charge is -2.25. The van der Waals surface area contributed by atoms with E-state index in [-0.39, 0.29) is 6.04 Å². The van der Waals surface area contributed by atoms with Gasteiger partial charge in [0.15, 0.2) is 0 Å². The number of hydrogen-bond donors (Lipinski definition) is 1. The summed E-state index contributed by atoms with van der Waals surface area (Å²) < 4.78 is 5.65. The van der Waals surface area contributed by atoms with Crippen molar-refractivity contribution in [2.75, 3.05) is 12.4 Å². The van der Waals surface area contributed by atoms with Crippen molar-refractivity contribution in [2.45, 2.75) is 6.04 Å². The monoisotopic (exact) mass is 363 g/mol. The Labute approximate surface area is 165 Å². The highest BCUT2D eigenvalue weighted by molar-refractivity contribution is 6.06. The van der Waals surface area contributed by atoms with Crippen LogP contribution in [0.25, 0.3) is 28.0 Å². The third-order valence-corrected chi connectivity index (χ3v) is 5.41. The fourth-order valence-corrected chi connectivity index (χ4v) is 4.05. The van der Waals surface area contributed by atoms with Crippen LogP contribution in [0.15, 0.2) is 91.0 Å². The summed E-state index contributed by atoms with van der Waals surface area (Å²) in [6.07, 6.45) is 4.49. The van der Waals surface area contributed by atoms with Crippen LogP contribution in [0.2, 0.25) is 0 Å². The highest BCUT2D eigenvalue weighted by atomic mass is 16.5. The van der Waals surface area contributed by atoms with Crippen LogP contribution in [0.5, 0.6) is 5.75 Å². The molecule has 4 aromatic rings. The lowest BCUT2D eigenvalue weighted by molar-refractivity contribution is 0.416. The molecule has 0 saturated carbocycles. The van der Waals surface area contributed by atoms with Crippen molar-refractivity contribution in [3.63, 3.8) is 0 Å². The minimum absolute atomic E-state index is 0.167. The maximum absolute atomic E-state index is 5.65. The number of nitrogens with one attached hydrogen (secondary N) is 1. The molecule has 0 bridgehead atoms. The van der Waals surface area contributed by atoms with Gasteiger partial charge in [0.2, 0.25) is 0 Å². The van der Waals surface area contributed by atoms with Gasteiger partial charge in [-0.1, -0.05) is 84.9 Å². The van der Waals surface area contributed by atoms with E-state index in [2.05, 4.69) is 90.3 Å². The van der Waals surface area contributed by atoms with Crippen molar-refractivity contribution in [1.82, 2.24) is 0 Å². The first kappa shape index (κ1) is 16.6. The van der Waals surface area contributed by atoms with Crippen LogP contribution >= 0.6 is 0 Å². The van der Waals surface area contributed by atoms with Gasteiger partial charge in [0.1, 0.15) is 5.75 Å². The molecular formula is C26H21NO. The first-order chi connectivity index (χ1) is 13.8. The van der Waals surface area contributed by atoms with Crippen LogP contribution in [-0.2, 0) is 0 Å². The van der Waals surface area contributed by atoms with Gasteiger partial charge >= 0.3 is 0 Å². The Hall–Kier alpha value is -3.52. The number of benzene rings is 4. The van der Waals surface area contributed by atoms with Gasteiger partial charge in [-0.05, 0) is 34.0 Å². The third-order valence-electron chi connectivity index (χ3n) is 5.41. The van der Waals surface area contributed by atoms with E-state index in [1.165, 1.54) is 27.5 Å². The molecule has 0 amide bonds. The van der Waals surface area contributed by atoms with Crippen LogP contribution in [0.1, 0.15) is 17.2 Å². The number of methoxy groups -OCH3 is 1. The highest BCUT2D eigenvalue weighted by Gasteiger charge is 2.19. The SMILES string of the molecule is COc1ccccc1-c1cc2c(c3ccccc13)C=CC(c1ccccc1)N2. The zero-order valence-corrected chi connectivity index (χ0v) is 15.7. The normalized spacial score (nSPS) is 15.1. The third kappa shape index (κ3) is 2.74. The van der Waals surface area contributed by atoms with E-state index >= 15 is 0 Å². The molecule has 1 aliphatic rings. The Morgan fingerprint density at radius 1 is 0.750 bits per heavy atom. The Bertz CT molecular complexity index is 1180. The van der Waals surface area contributed by atoms with Crippen LogP contribution < -0.4 is 10.1 Å². The molecule has 4 aromatic carbocycles. The fraction of sp³-hybridized carbons (Fsp3) is 0.0769. The van der Waals surface area contributed by atoms with E-state index < -0.39 is 0 Å². The molecule has 2 heteroatoms. The summed E-state index contributed by atoms with van der Waals surface area (Å²) in [7, 11) is 1.73. The molecule has 0 fully saturated rings. The van der Waals surface area contributed by atoms with Crippen molar-refractivity contribution in [3.05, 3.63) is 102 Å². The predicted octanol–water partition coefficient (Wildman–Crippen LogP) is 6.70. The minimum atomic E-state index is 0.167. The van der Waals surface area contributed by atoms with Crippen molar-refractivity contribution in [1.29, 1.82) is 0 Å². The number of rotatable bonds is 3. The molecule has 0 spiro atoms. The van der Waals surface area contributed by atoms with Gasteiger partial charge in [-0.25, -0.2) is 0 Å². The number of hydrogen-bond acceptors (Lipinski definition) is 2. The second-order valence-corrected chi connectivity index (χ2v) is 7.02. The van der Waals surface area contributed by atoms with E-state index in [0.717, 1.165) is 17.0 Å². The Morgan fingerprint density at radius 3 is 2.29 bits per heavy atom. The van der Waals surface area contributed by atoms with E-state index in [1.807, 2.05) is 12.1 Å². The van der Waals surface area contributed by atoms with Gasteiger partial charge in [-0.3, -0.25) is 0 Å².